The van der Waals surface area contributed by atoms with E-state index in [4.69, 9.17) is 11.5 Å². The number of carboxylic acid groups (broad SMARTS) is 2. The molecule has 1 aliphatic heterocycles. The molecular formula is C83H123N17O19S. The van der Waals surface area contributed by atoms with E-state index in [0.717, 1.165) is 4.90 Å². The van der Waals surface area contributed by atoms with Gasteiger partial charge in [-0.1, -0.05) is 149 Å². The summed E-state index contributed by atoms with van der Waals surface area (Å²) in [6.07, 6.45) is 2.48. The van der Waals surface area contributed by atoms with E-state index in [0.29, 0.717) is 59.7 Å². The minimum Gasteiger partial charge on any atom is -0.508 e. The Morgan fingerprint density at radius 1 is 0.492 bits per heavy atom. The number of phenols is 1. The minimum absolute atomic E-state index is 0.0143. The van der Waals surface area contributed by atoms with E-state index in [2.05, 4.69) is 86.7 Å². The van der Waals surface area contributed by atoms with Crippen molar-refractivity contribution < 1.29 is 92.0 Å². The third-order valence-corrected chi connectivity index (χ3v) is 21.8. The van der Waals surface area contributed by atoms with Gasteiger partial charge >= 0.3 is 11.9 Å². The van der Waals surface area contributed by atoms with Crippen LogP contribution >= 0.6 is 12.6 Å². The second kappa shape index (κ2) is 48.8. The molecule has 36 nitrogen and oxygen atoms in total. The van der Waals surface area contributed by atoms with Gasteiger partial charge in [0.2, 0.25) is 82.7 Å². The Morgan fingerprint density at radius 3 is 1.52 bits per heavy atom. The molecule has 1 fully saturated rings. The predicted molar refractivity (Wildman–Crippen MR) is 449 cm³/mol. The second-order valence-corrected chi connectivity index (χ2v) is 31.8. The lowest BCUT2D eigenvalue weighted by Crippen LogP contribution is -2.61. The Labute approximate surface area is 704 Å². The van der Waals surface area contributed by atoms with Crippen molar-refractivity contribution in [2.75, 3.05) is 25.4 Å². The number of amides is 14. The van der Waals surface area contributed by atoms with Crippen LogP contribution in [0, 0.1) is 29.6 Å². The standard InChI is InChI=1S/C83H123N17O19S/c1-13-45(8)67(79(114)89-49(12)83(118)119)98-78(113)66(44(6)7)96-75(110)61(42-120)94-70(105)48(11)88-76(111)62-29-23-35-100(62)82(117)60(39-64(103)104)93-74(109)59(38-52-40-86-56-27-20-19-26-54(52)56)91-73(108)58(37-50-24-17-16-18-25-50)92-77(112)65(43(4)5)95-63(102)41-87-72(107)57(28-21-22-34-84)90-80(115)68(46(9)14-2)99-81(116)69(47(10)15-3)97-71(106)55(85)36-51-30-32-53(101)33-31-51/h16-20,24-27,30-33,40,43-49,55,57-62,65-69,86,101,120H,13-15,21-23,28-29,34-39,41-42,84-85H2,1-12H3,(H,87,107)(H,88,111)(H,89,114)(H,90,115)(H,91,108)(H,92,112)(H,93,109)(H,94,105)(H,95,102)(H,96,110)(H,97,106)(H,98,113)(H,99,116)(H,103,104)(H,118,119)/t45-,46-,47-,48-,49-,55-,57-,58-,59-,60-,61-,62-,65-,66-,67-,68-,69-/m0/s1. The maximum atomic E-state index is 15.1. The molecule has 0 aliphatic carbocycles. The van der Waals surface area contributed by atoms with Gasteiger partial charge in [0.25, 0.3) is 0 Å². The van der Waals surface area contributed by atoms with Gasteiger partial charge in [0.1, 0.15) is 84.3 Å². The third kappa shape index (κ3) is 30.2. The number of fused-ring (bicyclic) bond motifs is 1. The Balaban J connectivity index is 1.32. The molecule has 1 aromatic heterocycles. The highest BCUT2D eigenvalue weighted by atomic mass is 32.1. The normalized spacial score (nSPS) is 16.6. The van der Waals surface area contributed by atoms with Crippen molar-refractivity contribution in [3.63, 3.8) is 0 Å². The number of rotatable bonds is 49. The second-order valence-electron chi connectivity index (χ2n) is 31.4. The molecule has 5 rings (SSSR count). The van der Waals surface area contributed by atoms with Gasteiger partial charge in [0, 0.05) is 42.2 Å². The van der Waals surface area contributed by atoms with Gasteiger partial charge in [0.15, 0.2) is 0 Å². The number of aromatic amines is 1. The highest BCUT2D eigenvalue weighted by molar-refractivity contribution is 7.80. The molecule has 21 N–H and O–H groups in total. The van der Waals surface area contributed by atoms with Crippen LogP contribution in [0.3, 0.4) is 0 Å². The lowest BCUT2D eigenvalue weighted by atomic mass is 9.94. The smallest absolute Gasteiger partial charge is 0.325 e. The number of carboxylic acids is 2. The van der Waals surface area contributed by atoms with E-state index in [9.17, 15) is 82.4 Å². The van der Waals surface area contributed by atoms with Crippen LogP contribution in [0.1, 0.15) is 158 Å². The highest BCUT2D eigenvalue weighted by Gasteiger charge is 2.43. The number of carbonyl (C=O) groups is 16. The summed E-state index contributed by atoms with van der Waals surface area (Å²) in [4.78, 5) is 227. The first-order valence-corrected chi connectivity index (χ1v) is 41.5. The van der Waals surface area contributed by atoms with Crippen molar-refractivity contribution in [3.8, 4) is 5.75 Å². The van der Waals surface area contributed by atoms with Crippen molar-refractivity contribution in [1.82, 2.24) is 79.0 Å². The van der Waals surface area contributed by atoms with E-state index in [-0.39, 0.29) is 63.1 Å². The van der Waals surface area contributed by atoms with Crippen LogP contribution in [0.25, 0.3) is 10.9 Å². The van der Waals surface area contributed by atoms with Crippen LogP contribution in [0.4, 0.5) is 0 Å². The SMILES string of the molecule is CC[C@H](C)[C@H](NC(=O)[C@@H](NC(=O)[C@H](CS)NC(=O)[C@H](C)NC(=O)[C@@H]1CCCN1C(=O)[C@H](CC(=O)O)NC(=O)[C@H](Cc1c[nH]c2ccccc12)NC(=O)[C@H](Cc1ccccc1)NC(=O)[C@@H](NC(=O)CNC(=O)[C@H](CCCCN)NC(=O)[C@@H](NC(=O)[C@@H](NC(=O)[C@@H](N)Cc1ccc(O)cc1)[C@@H](C)CC)[C@@H](C)CC)C(C)C)C(C)C)C(=O)N[C@@H](C)C(=O)O. The quantitative estimate of drug-likeness (QED) is 0.0208. The number of hydrogen-bond donors (Lipinski definition) is 20. The van der Waals surface area contributed by atoms with Crippen LogP contribution in [0.2, 0.25) is 0 Å². The molecule has 0 bridgehead atoms. The summed E-state index contributed by atoms with van der Waals surface area (Å²) in [6, 6.07) is 2.60. The lowest BCUT2D eigenvalue weighted by Gasteiger charge is -2.30. The summed E-state index contributed by atoms with van der Waals surface area (Å²) in [7, 11) is 0. The Morgan fingerprint density at radius 2 is 0.967 bits per heavy atom. The number of carbonyl (C=O) groups excluding carboxylic acids is 14. The van der Waals surface area contributed by atoms with Crippen molar-refractivity contribution in [1.29, 1.82) is 0 Å². The van der Waals surface area contributed by atoms with Crippen molar-refractivity contribution in [2.24, 2.45) is 41.1 Å². The molecule has 2 heterocycles. The van der Waals surface area contributed by atoms with Crippen LogP contribution in [0.15, 0.2) is 85.1 Å². The molecule has 0 spiro atoms. The van der Waals surface area contributed by atoms with E-state index < -0.39 is 222 Å². The first kappa shape index (κ1) is 99.4. The van der Waals surface area contributed by atoms with Crippen molar-refractivity contribution >= 4 is 118 Å². The Hall–Kier alpha value is -11.2. The van der Waals surface area contributed by atoms with Crippen LogP contribution in [-0.2, 0) is 96.0 Å². The van der Waals surface area contributed by atoms with Gasteiger partial charge in [-0.2, -0.15) is 12.6 Å². The first-order valence-electron chi connectivity index (χ1n) is 40.9. The summed E-state index contributed by atoms with van der Waals surface area (Å²) in [6.45, 7) is 19.0. The topological polar surface area (TPSA) is 561 Å². The van der Waals surface area contributed by atoms with E-state index in [1.807, 2.05) is 6.92 Å². The monoisotopic (exact) mass is 1690 g/mol. The summed E-state index contributed by atoms with van der Waals surface area (Å²) in [5.74, 6) is -17.5. The number of nitrogens with zero attached hydrogens (tertiary/aromatic N) is 1. The molecule has 14 amide bonds. The zero-order valence-electron chi connectivity index (χ0n) is 70.3. The van der Waals surface area contributed by atoms with E-state index in [1.54, 1.807) is 135 Å². The minimum atomic E-state index is -1.88. The molecule has 660 valence electrons. The van der Waals surface area contributed by atoms with E-state index in [1.165, 1.54) is 26.0 Å². The van der Waals surface area contributed by atoms with Crippen LogP contribution < -0.4 is 80.6 Å². The summed E-state index contributed by atoms with van der Waals surface area (Å²) in [5.41, 5.74) is 14.4. The van der Waals surface area contributed by atoms with Gasteiger partial charge in [-0.25, -0.2) is 0 Å². The molecule has 1 aliphatic rings. The number of aliphatic carboxylic acids is 2. The molecule has 3 aromatic carbocycles. The molecule has 0 unspecified atom stereocenters. The molecule has 0 saturated carbocycles. The molecule has 1 saturated heterocycles. The fourth-order valence-corrected chi connectivity index (χ4v) is 13.7. The number of nitrogens with one attached hydrogen (secondary N) is 14. The molecule has 17 atom stereocenters. The fraction of sp³-hybridized carbons (Fsp3) is 0.566. The molecule has 4 aromatic rings. The largest absolute Gasteiger partial charge is 0.508 e. The van der Waals surface area contributed by atoms with Crippen molar-refractivity contribution in [2.45, 2.75) is 245 Å². The molecular weight excluding hydrogens is 1570 g/mol. The van der Waals surface area contributed by atoms with Gasteiger partial charge in [-0.05, 0) is 123 Å². The zero-order chi connectivity index (χ0) is 89.4. The Bertz CT molecular complexity index is 4190. The van der Waals surface area contributed by atoms with Gasteiger partial charge in [-0.3, -0.25) is 76.7 Å². The lowest BCUT2D eigenvalue weighted by molar-refractivity contribution is -0.146. The number of phenolic OH excluding ortho intramolecular Hbond substituents is 1. The molecule has 0 radical (unpaired) electrons. The number of thiol groups is 1. The molecule has 120 heavy (non-hydrogen) atoms. The number of unbranched alkanes of at least 4 members (excludes halogenated alkanes) is 1. The summed E-state index contributed by atoms with van der Waals surface area (Å²) >= 11 is 4.26. The van der Waals surface area contributed by atoms with Crippen molar-refractivity contribution in [3.05, 3.63) is 102 Å². The summed E-state index contributed by atoms with van der Waals surface area (Å²) in [5, 5.41) is 64.1. The van der Waals surface area contributed by atoms with Gasteiger partial charge in [-0.15, -0.1) is 0 Å². The zero-order valence-corrected chi connectivity index (χ0v) is 71.2. The number of nitrogens with two attached hydrogens (primary N) is 2. The number of H-pyrrole nitrogens is 1. The number of hydrogen-bond acceptors (Lipinski definition) is 20. The van der Waals surface area contributed by atoms with Gasteiger partial charge < -0.3 is 106 Å². The predicted octanol–water partition coefficient (Wildman–Crippen LogP) is 0.262. The number of aromatic hydroxyl groups is 1. The number of para-hydroxylation sites is 1. The third-order valence-electron chi connectivity index (χ3n) is 21.4. The van der Waals surface area contributed by atoms with Gasteiger partial charge in [0.05, 0.1) is 19.0 Å². The average Bonchev–Trinajstić information content (AvgIpc) is 1.66. The number of benzene rings is 3. The van der Waals surface area contributed by atoms with Crippen LogP contribution in [0.5, 0.6) is 5.75 Å². The maximum Gasteiger partial charge on any atom is 0.325 e. The molecule has 37 heteroatoms. The highest BCUT2D eigenvalue weighted by Crippen LogP contribution is 2.24. The maximum absolute atomic E-state index is 15.1. The summed E-state index contributed by atoms with van der Waals surface area (Å²) < 4.78 is 0. The number of aromatic nitrogens is 1. The first-order chi connectivity index (χ1) is 56.8. The van der Waals surface area contributed by atoms with Crippen LogP contribution in [-0.4, -0.2) is 230 Å². The van der Waals surface area contributed by atoms with E-state index >= 15 is 9.59 Å². The Kier molecular flexibility index (Phi) is 40.4. The number of likely N-dealkylation sites (tertiary alicyclic amines) is 1. The fourth-order valence-electron chi connectivity index (χ4n) is 13.4. The average molecular weight is 1700 g/mol.